The van der Waals surface area contributed by atoms with Gasteiger partial charge in [0.05, 0.1) is 18.1 Å². The number of fused-ring (bicyclic) bond motifs is 1. The average molecular weight is 468 g/mol. The van der Waals surface area contributed by atoms with Crippen molar-refractivity contribution in [1.29, 1.82) is 0 Å². The molecule has 0 aromatic carbocycles. The van der Waals surface area contributed by atoms with E-state index in [2.05, 4.69) is 11.9 Å². The summed E-state index contributed by atoms with van der Waals surface area (Å²) in [5, 5.41) is 33.6. The van der Waals surface area contributed by atoms with Crippen LogP contribution >= 0.6 is 0 Å². The van der Waals surface area contributed by atoms with Crippen LogP contribution < -0.4 is 5.32 Å². The van der Waals surface area contributed by atoms with Crippen LogP contribution in [0.3, 0.4) is 0 Å². The van der Waals surface area contributed by atoms with Gasteiger partial charge in [-0.05, 0) is 31.8 Å². The Labute approximate surface area is 202 Å². The van der Waals surface area contributed by atoms with Crippen LogP contribution in [-0.4, -0.2) is 39.4 Å². The van der Waals surface area contributed by atoms with E-state index >= 15 is 0 Å². The van der Waals surface area contributed by atoms with E-state index in [1.807, 2.05) is 65.0 Å². The zero-order valence-electron chi connectivity index (χ0n) is 20.8. The Morgan fingerprint density at radius 2 is 1.97 bits per heavy atom. The summed E-state index contributed by atoms with van der Waals surface area (Å²) in [6.45, 7) is 13.6. The summed E-state index contributed by atoms with van der Waals surface area (Å²) in [7, 11) is 0. The Morgan fingerprint density at radius 1 is 1.29 bits per heavy atom. The summed E-state index contributed by atoms with van der Waals surface area (Å²) in [6, 6.07) is 0. The molecule has 3 aliphatic rings. The predicted octanol–water partition coefficient (Wildman–Crippen LogP) is 4.20. The molecule has 184 valence electrons. The Hall–Kier alpha value is -2.70. The number of carbonyl (C=O) groups excluding carboxylic acids is 1. The number of aliphatic hydroxyl groups excluding tert-OH is 2. The lowest BCUT2D eigenvalue weighted by molar-refractivity contribution is -0.143. The van der Waals surface area contributed by atoms with E-state index < -0.39 is 23.4 Å². The minimum Gasteiger partial charge on any atom is -0.481 e. The Kier molecular flexibility index (Phi) is 7.53. The first-order valence-corrected chi connectivity index (χ1v) is 12.1. The SMILES string of the molecule is C=C1NC(=O)C2=C1[C@@H](C(=O)O)[C@](C)(/C(C)=C/C=C/C=C/C(C)[C@H](O)CC)C1=C2[C@@H](C)[C@H](O)CC1. The highest BCUT2D eigenvalue weighted by molar-refractivity contribution is 6.07. The van der Waals surface area contributed by atoms with Crippen LogP contribution in [0, 0.1) is 23.2 Å². The number of carbonyl (C=O) groups is 2. The number of allylic oxidation sites excluding steroid dienone is 7. The van der Waals surface area contributed by atoms with E-state index in [4.69, 9.17) is 0 Å². The maximum absolute atomic E-state index is 12.9. The molecular formula is C28H37NO5. The second-order valence-corrected chi connectivity index (χ2v) is 9.94. The number of carboxylic acids is 1. The summed E-state index contributed by atoms with van der Waals surface area (Å²) in [5.41, 5.74) is 2.81. The van der Waals surface area contributed by atoms with Crippen LogP contribution in [-0.2, 0) is 9.59 Å². The van der Waals surface area contributed by atoms with Gasteiger partial charge in [-0.1, -0.05) is 75.8 Å². The van der Waals surface area contributed by atoms with Gasteiger partial charge >= 0.3 is 5.97 Å². The standard InChI is InChI=1S/C28H37NO5/c1-7-20(30)15(2)11-9-8-10-12-16(3)28(6)19-13-14-21(31)17(4)22(19)24-23(25(28)27(33)34)18(5)29-26(24)32/h8-12,15,17,20-21,25,30-31H,5,7,13-14H2,1-4,6H3,(H,29,32)(H,33,34)/b10-8+,11-9+,16-12+/t15?,17-,20+,21+,25-,28+/m0/s1. The second kappa shape index (κ2) is 9.88. The molecule has 6 atom stereocenters. The topological polar surface area (TPSA) is 107 Å². The van der Waals surface area contributed by atoms with Crippen LogP contribution in [0.15, 0.2) is 70.5 Å². The smallest absolute Gasteiger partial charge is 0.312 e. The lowest BCUT2D eigenvalue weighted by Gasteiger charge is -2.47. The number of aliphatic hydroxyl groups is 2. The number of carboxylic acid groups (broad SMARTS) is 1. The van der Waals surface area contributed by atoms with Gasteiger partial charge in [0.1, 0.15) is 0 Å². The highest BCUT2D eigenvalue weighted by Gasteiger charge is 2.55. The van der Waals surface area contributed by atoms with Gasteiger partial charge in [-0.15, -0.1) is 0 Å². The van der Waals surface area contributed by atoms with Gasteiger partial charge in [0.15, 0.2) is 0 Å². The average Bonchev–Trinajstić information content (AvgIpc) is 3.07. The first kappa shape index (κ1) is 25.9. The molecule has 0 saturated carbocycles. The van der Waals surface area contributed by atoms with Crippen molar-refractivity contribution in [2.24, 2.45) is 23.2 Å². The number of hydrogen-bond donors (Lipinski definition) is 4. The normalized spacial score (nSPS) is 31.7. The highest BCUT2D eigenvalue weighted by Crippen LogP contribution is 2.58. The minimum absolute atomic E-state index is 0.0404. The van der Waals surface area contributed by atoms with Crippen LogP contribution in [0.4, 0.5) is 0 Å². The van der Waals surface area contributed by atoms with Crippen LogP contribution in [0.2, 0.25) is 0 Å². The van der Waals surface area contributed by atoms with Gasteiger partial charge in [-0.3, -0.25) is 9.59 Å². The zero-order chi connectivity index (χ0) is 25.4. The van der Waals surface area contributed by atoms with E-state index in [1.165, 1.54) is 0 Å². The molecule has 6 heteroatoms. The molecule has 0 saturated heterocycles. The van der Waals surface area contributed by atoms with E-state index in [9.17, 15) is 24.9 Å². The van der Waals surface area contributed by atoms with Gasteiger partial charge < -0.3 is 20.6 Å². The maximum Gasteiger partial charge on any atom is 0.312 e. The molecule has 1 aliphatic heterocycles. The number of nitrogens with one attached hydrogen (secondary N) is 1. The van der Waals surface area contributed by atoms with Crippen LogP contribution in [0.25, 0.3) is 0 Å². The van der Waals surface area contributed by atoms with Crippen LogP contribution in [0.1, 0.15) is 53.9 Å². The highest BCUT2D eigenvalue weighted by atomic mass is 16.4. The summed E-state index contributed by atoms with van der Waals surface area (Å²) in [5.74, 6) is -2.54. The molecule has 0 aromatic heterocycles. The third-order valence-electron chi connectivity index (χ3n) is 7.97. The molecule has 0 spiro atoms. The summed E-state index contributed by atoms with van der Waals surface area (Å²) < 4.78 is 0. The Morgan fingerprint density at radius 3 is 2.59 bits per heavy atom. The molecule has 2 aliphatic carbocycles. The first-order chi connectivity index (χ1) is 16.0. The molecule has 1 unspecified atom stereocenters. The number of amides is 1. The third-order valence-corrected chi connectivity index (χ3v) is 7.97. The molecule has 0 bridgehead atoms. The summed E-state index contributed by atoms with van der Waals surface area (Å²) in [6.07, 6.45) is 10.3. The molecule has 1 amide bonds. The monoisotopic (exact) mass is 467 g/mol. The number of hydrogen-bond acceptors (Lipinski definition) is 4. The molecule has 4 N–H and O–H groups in total. The lowest BCUT2D eigenvalue weighted by atomic mass is 9.55. The van der Waals surface area contributed by atoms with Crippen molar-refractivity contribution >= 4 is 11.9 Å². The largest absolute Gasteiger partial charge is 0.481 e. The number of aliphatic carboxylic acids is 1. The zero-order valence-corrected chi connectivity index (χ0v) is 20.8. The number of rotatable bonds is 7. The molecule has 0 fully saturated rings. The molecule has 3 rings (SSSR count). The quantitative estimate of drug-likeness (QED) is 0.420. The van der Waals surface area contributed by atoms with E-state index in [0.717, 1.165) is 16.7 Å². The van der Waals surface area contributed by atoms with Crippen molar-refractivity contribution < 1.29 is 24.9 Å². The fraction of sp³-hybridized carbons (Fsp3) is 0.500. The molecule has 1 heterocycles. The molecule has 0 radical (unpaired) electrons. The third kappa shape index (κ3) is 4.25. The van der Waals surface area contributed by atoms with Gasteiger partial charge in [0.2, 0.25) is 0 Å². The predicted molar refractivity (Wildman–Crippen MR) is 132 cm³/mol. The summed E-state index contributed by atoms with van der Waals surface area (Å²) >= 11 is 0. The molecular weight excluding hydrogens is 430 g/mol. The van der Waals surface area contributed by atoms with Crippen molar-refractivity contribution in [1.82, 2.24) is 5.32 Å². The van der Waals surface area contributed by atoms with E-state index in [-0.39, 0.29) is 23.8 Å². The summed E-state index contributed by atoms with van der Waals surface area (Å²) in [4.78, 5) is 25.5. The fourth-order valence-electron chi connectivity index (χ4n) is 5.66. The Bertz CT molecular complexity index is 1040. The van der Waals surface area contributed by atoms with Gasteiger partial charge in [-0.2, -0.15) is 0 Å². The maximum atomic E-state index is 12.9. The van der Waals surface area contributed by atoms with Gasteiger partial charge in [0.25, 0.3) is 5.91 Å². The van der Waals surface area contributed by atoms with E-state index in [0.29, 0.717) is 36.1 Å². The molecule has 34 heavy (non-hydrogen) atoms. The second-order valence-electron chi connectivity index (χ2n) is 9.94. The van der Waals surface area contributed by atoms with E-state index in [1.54, 1.807) is 0 Å². The Balaban J connectivity index is 2.09. The van der Waals surface area contributed by atoms with Gasteiger partial charge in [-0.25, -0.2) is 0 Å². The molecule has 6 nitrogen and oxygen atoms in total. The van der Waals surface area contributed by atoms with Crippen molar-refractivity contribution in [2.75, 3.05) is 0 Å². The van der Waals surface area contributed by atoms with Crippen molar-refractivity contribution in [3.05, 3.63) is 70.5 Å². The van der Waals surface area contributed by atoms with Gasteiger partial charge in [0, 0.05) is 34.1 Å². The lowest BCUT2D eigenvalue weighted by Crippen LogP contribution is -2.44. The fourth-order valence-corrected chi connectivity index (χ4v) is 5.66. The van der Waals surface area contributed by atoms with Crippen LogP contribution in [0.5, 0.6) is 0 Å². The molecule has 0 aromatic rings. The first-order valence-electron chi connectivity index (χ1n) is 12.1. The van der Waals surface area contributed by atoms with Crippen molar-refractivity contribution in [3.8, 4) is 0 Å². The van der Waals surface area contributed by atoms with Crippen molar-refractivity contribution in [3.63, 3.8) is 0 Å². The minimum atomic E-state index is -1.00. The van der Waals surface area contributed by atoms with Crippen molar-refractivity contribution in [2.45, 2.75) is 66.1 Å².